The molecule has 0 aliphatic carbocycles. The van der Waals surface area contributed by atoms with Crippen molar-refractivity contribution in [3.8, 4) is 0 Å². The lowest BCUT2D eigenvalue weighted by Gasteiger charge is -2.31. The zero-order valence-corrected chi connectivity index (χ0v) is 22.7. The number of amides is 2. The van der Waals surface area contributed by atoms with E-state index in [4.69, 9.17) is 4.74 Å². The van der Waals surface area contributed by atoms with Crippen LogP contribution >= 0.6 is 0 Å². The zero-order valence-electron chi connectivity index (χ0n) is 22.7. The average molecular weight is 599 g/mol. The van der Waals surface area contributed by atoms with Gasteiger partial charge in [0, 0.05) is 38.2 Å². The highest BCUT2D eigenvalue weighted by molar-refractivity contribution is 6.05. The van der Waals surface area contributed by atoms with E-state index in [9.17, 15) is 27.6 Å². The molecule has 2 aromatic carbocycles. The third-order valence-corrected chi connectivity index (χ3v) is 7.76. The summed E-state index contributed by atoms with van der Waals surface area (Å²) in [6.07, 6.45) is -3.85. The maximum absolute atomic E-state index is 15.0. The molecule has 2 amide bonds. The maximum atomic E-state index is 15.0. The smallest absolute Gasteiger partial charge is 0.378 e. The van der Waals surface area contributed by atoms with Crippen molar-refractivity contribution in [3.63, 3.8) is 0 Å². The molecule has 1 fully saturated rings. The molecule has 3 aromatic rings. The van der Waals surface area contributed by atoms with Crippen molar-refractivity contribution >= 4 is 23.8 Å². The van der Waals surface area contributed by atoms with E-state index in [1.54, 1.807) is 12.1 Å². The van der Waals surface area contributed by atoms with Gasteiger partial charge in [0.2, 0.25) is 5.82 Å². The Kier molecular flexibility index (Phi) is 7.46. The Morgan fingerprint density at radius 2 is 1.79 bits per heavy atom. The van der Waals surface area contributed by atoms with E-state index in [-0.39, 0.29) is 69.3 Å². The molecule has 10 nitrogen and oxygen atoms in total. The lowest BCUT2D eigenvalue weighted by molar-refractivity contribution is -0.147. The summed E-state index contributed by atoms with van der Waals surface area (Å²) in [6.45, 7) is 0.144. The summed E-state index contributed by atoms with van der Waals surface area (Å²) in [5.41, 5.74) is 4.75. The Balaban J connectivity index is 1.27. The fourth-order valence-electron chi connectivity index (χ4n) is 5.60. The van der Waals surface area contributed by atoms with Crippen LogP contribution in [-0.4, -0.2) is 76.0 Å². The highest BCUT2D eigenvalue weighted by Crippen LogP contribution is 2.33. The van der Waals surface area contributed by atoms with Gasteiger partial charge < -0.3 is 23.9 Å². The molecule has 14 heteroatoms. The van der Waals surface area contributed by atoms with Crippen molar-refractivity contribution in [1.82, 2.24) is 24.8 Å². The topological polar surface area (TPSA) is 109 Å². The predicted octanol–water partition coefficient (Wildman–Crippen LogP) is 2.96. The van der Waals surface area contributed by atoms with Crippen LogP contribution in [0.2, 0.25) is 0 Å². The van der Waals surface area contributed by atoms with Gasteiger partial charge in [-0.05, 0) is 23.3 Å². The number of hydrazone groups is 1. The Hall–Kier alpha value is -4.59. The van der Waals surface area contributed by atoms with Crippen LogP contribution in [0.3, 0.4) is 0 Å². The van der Waals surface area contributed by atoms with Crippen molar-refractivity contribution in [1.29, 1.82) is 0 Å². The first kappa shape index (κ1) is 28.5. The number of benzene rings is 2. The van der Waals surface area contributed by atoms with Crippen molar-refractivity contribution < 1.29 is 36.7 Å². The van der Waals surface area contributed by atoms with Gasteiger partial charge in [-0.1, -0.05) is 30.3 Å². The summed E-state index contributed by atoms with van der Waals surface area (Å²) in [6, 6.07) is 10.7. The first-order chi connectivity index (χ1) is 20.7. The Morgan fingerprint density at radius 1 is 1.02 bits per heavy atom. The number of nitrogens with zero attached hydrogens (tertiary/aromatic N) is 5. The van der Waals surface area contributed by atoms with Crippen LogP contribution in [0.1, 0.15) is 55.1 Å². The molecular formula is C29H26F4N6O4. The van der Waals surface area contributed by atoms with E-state index in [2.05, 4.69) is 15.5 Å². The van der Waals surface area contributed by atoms with E-state index >= 15 is 4.39 Å². The quantitative estimate of drug-likeness (QED) is 0.358. The summed E-state index contributed by atoms with van der Waals surface area (Å²) in [4.78, 5) is 44.5. The number of imidazole rings is 1. The summed E-state index contributed by atoms with van der Waals surface area (Å²) in [7, 11) is 0. The van der Waals surface area contributed by atoms with E-state index in [1.165, 1.54) is 21.9 Å². The van der Waals surface area contributed by atoms with Crippen molar-refractivity contribution in [2.75, 3.05) is 32.8 Å². The average Bonchev–Trinajstić information content (AvgIpc) is 3.41. The number of alkyl halides is 3. The number of aldehydes is 1. The summed E-state index contributed by atoms with van der Waals surface area (Å²) >= 11 is 0. The van der Waals surface area contributed by atoms with Gasteiger partial charge in [-0.3, -0.25) is 15.0 Å². The molecule has 3 aliphatic heterocycles. The molecule has 0 bridgehead atoms. The number of morpholine rings is 1. The second-order valence-electron chi connectivity index (χ2n) is 10.4. The van der Waals surface area contributed by atoms with Gasteiger partial charge in [-0.15, -0.1) is 0 Å². The molecule has 1 N–H and O–H groups in total. The highest BCUT2D eigenvalue weighted by atomic mass is 19.4. The van der Waals surface area contributed by atoms with Crippen LogP contribution in [0, 0.1) is 5.82 Å². The van der Waals surface area contributed by atoms with E-state index < -0.39 is 35.7 Å². The molecule has 0 radical (unpaired) electrons. The number of fused-ring (bicyclic) bond motifs is 2. The van der Waals surface area contributed by atoms with Gasteiger partial charge in [0.15, 0.2) is 5.69 Å². The summed E-state index contributed by atoms with van der Waals surface area (Å²) < 4.78 is 62.7. The van der Waals surface area contributed by atoms with Gasteiger partial charge in [0.05, 0.1) is 36.7 Å². The number of hydrogen-bond acceptors (Lipinski definition) is 7. The van der Waals surface area contributed by atoms with Gasteiger partial charge in [0.1, 0.15) is 18.1 Å². The fourth-order valence-corrected chi connectivity index (χ4v) is 5.60. The van der Waals surface area contributed by atoms with Gasteiger partial charge in [0.25, 0.3) is 11.8 Å². The number of ether oxygens (including phenoxy) is 1. The van der Waals surface area contributed by atoms with Crippen LogP contribution in [0.25, 0.3) is 0 Å². The first-order valence-corrected chi connectivity index (χ1v) is 13.6. The van der Waals surface area contributed by atoms with Crippen molar-refractivity contribution in [2.45, 2.75) is 31.7 Å². The largest absolute Gasteiger partial charge is 0.449 e. The van der Waals surface area contributed by atoms with E-state index in [0.717, 1.165) is 28.0 Å². The van der Waals surface area contributed by atoms with Gasteiger partial charge in [-0.25, -0.2) is 9.37 Å². The molecule has 1 atom stereocenters. The minimum Gasteiger partial charge on any atom is -0.378 e. The molecule has 0 spiro atoms. The molecule has 4 heterocycles. The molecule has 6 rings (SSSR count). The van der Waals surface area contributed by atoms with Gasteiger partial charge in [-0.2, -0.15) is 18.3 Å². The minimum atomic E-state index is -4.81. The Labute approximate surface area is 242 Å². The molecular weight excluding hydrogens is 572 g/mol. The lowest BCUT2D eigenvalue weighted by Crippen LogP contribution is -2.43. The zero-order chi connectivity index (χ0) is 30.3. The number of halogens is 4. The SMILES string of the molecule is O=CC1NN=C(Cc2ccc(F)c(C(=O)N3CCn4c(C(F)(F)F)nc(C(=O)N5CCOCC5)c4C3)c2)c2ccccc21. The molecule has 1 saturated heterocycles. The second kappa shape index (κ2) is 11.2. The molecule has 3 aliphatic rings. The van der Waals surface area contributed by atoms with E-state index in [0.29, 0.717) is 11.3 Å². The number of rotatable bonds is 5. The molecule has 1 unspecified atom stereocenters. The van der Waals surface area contributed by atoms with Gasteiger partial charge >= 0.3 is 6.18 Å². The standard InChI is InChI=1S/C29H26F4N6O4/c30-21-6-5-17(14-22-18-3-1-2-4-19(18)23(16-40)36-35-22)13-20(21)26(41)38-7-8-39-24(15-38)25(34-28(39)29(31,32)33)27(42)37-9-11-43-12-10-37/h1-6,13,16,23,36H,7-12,14-15H2. The number of carbonyl (C=O) groups is 3. The number of nitrogens with one attached hydrogen (secondary N) is 1. The number of carbonyl (C=O) groups excluding carboxylic acids is 3. The summed E-state index contributed by atoms with van der Waals surface area (Å²) in [5, 5.41) is 4.32. The van der Waals surface area contributed by atoms with Crippen LogP contribution in [0.15, 0.2) is 47.6 Å². The fraction of sp³-hybridized carbons (Fsp3) is 0.345. The molecule has 224 valence electrons. The number of aromatic nitrogens is 2. The van der Waals surface area contributed by atoms with E-state index in [1.807, 2.05) is 12.1 Å². The van der Waals surface area contributed by atoms with Crippen molar-refractivity contribution in [2.24, 2.45) is 5.10 Å². The molecule has 43 heavy (non-hydrogen) atoms. The summed E-state index contributed by atoms with van der Waals surface area (Å²) in [5.74, 6) is -3.41. The second-order valence-corrected chi connectivity index (χ2v) is 10.4. The highest BCUT2D eigenvalue weighted by Gasteiger charge is 2.42. The van der Waals surface area contributed by atoms with Crippen LogP contribution in [0.5, 0.6) is 0 Å². The molecule has 1 aromatic heterocycles. The molecule has 0 saturated carbocycles. The minimum absolute atomic E-state index is 0.0519. The lowest BCUT2D eigenvalue weighted by atomic mass is 9.92. The van der Waals surface area contributed by atoms with Crippen LogP contribution < -0.4 is 5.43 Å². The normalized spacial score (nSPS) is 18.3. The van der Waals surface area contributed by atoms with Crippen LogP contribution in [0.4, 0.5) is 17.6 Å². The predicted molar refractivity (Wildman–Crippen MR) is 144 cm³/mol. The Bertz CT molecular complexity index is 1630. The first-order valence-electron chi connectivity index (χ1n) is 13.6. The third-order valence-electron chi connectivity index (χ3n) is 7.76. The third kappa shape index (κ3) is 5.38. The number of hydrogen-bond donors (Lipinski definition) is 1. The Morgan fingerprint density at radius 3 is 2.53 bits per heavy atom. The van der Waals surface area contributed by atoms with Crippen molar-refractivity contribution in [3.05, 3.63) is 87.7 Å². The maximum Gasteiger partial charge on any atom is 0.449 e. The monoisotopic (exact) mass is 598 g/mol. The van der Waals surface area contributed by atoms with Crippen LogP contribution in [-0.2, 0) is 35.2 Å².